The Morgan fingerprint density at radius 3 is 1.00 bits per heavy atom. The predicted octanol–water partition coefficient (Wildman–Crippen LogP) is -2.58. The summed E-state index contributed by atoms with van der Waals surface area (Å²) in [5.41, 5.74) is 0. The Balaban J connectivity index is 0. The Bertz CT molecular complexity index is 8.00. The quantitative estimate of drug-likeness (QED) is 0.281. The Kier molecular flexibility index (Phi) is 346. The van der Waals surface area contributed by atoms with Crippen molar-refractivity contribution in [2.45, 2.75) is 0 Å². The van der Waals surface area contributed by atoms with Gasteiger partial charge in [-0.15, -0.1) is 0 Å². The summed E-state index contributed by atoms with van der Waals surface area (Å²) in [5, 5.41) is 0. The van der Waals surface area contributed by atoms with Gasteiger partial charge in [0.1, 0.15) is 0 Å². The average molecular weight is 176 g/mol. The summed E-state index contributed by atoms with van der Waals surface area (Å²) in [6.07, 6.45) is 0. The van der Waals surface area contributed by atoms with Crippen LogP contribution in [0, 0.1) is 0 Å². The Morgan fingerprint density at radius 2 is 1.00 bits per heavy atom. The van der Waals surface area contributed by atoms with Crippen molar-refractivity contribution in [3.63, 3.8) is 0 Å². The van der Waals surface area contributed by atoms with E-state index in [0.717, 1.165) is 0 Å². The zero-order chi connectivity index (χ0) is 0. The van der Waals surface area contributed by atoms with Gasteiger partial charge in [-0.25, -0.2) is 0 Å². The first-order valence-corrected chi connectivity index (χ1v) is 0. The molecule has 0 spiro atoms. The van der Waals surface area contributed by atoms with Crippen LogP contribution in [0.15, 0.2) is 0 Å². The van der Waals surface area contributed by atoms with Crippen molar-refractivity contribution in [2.75, 3.05) is 0 Å². The van der Waals surface area contributed by atoms with Crippen molar-refractivity contribution in [3.05, 3.63) is 0 Å². The first kappa shape index (κ1) is 53.3. The molecular weight excluding hydrogens is 166 g/mol. The standard InChI is InChI=1S/BH3.Mo.H3P.H4Si/h1H3;;1H3;1H4. The molecule has 0 saturated heterocycles. The molecule has 0 aromatic heterocycles. The minimum Gasteiger partial charge on any atom is -0.153 e. The maximum atomic E-state index is 0. The molecule has 0 aromatic rings. The van der Waals surface area contributed by atoms with Crippen LogP contribution in [-0.2, 0) is 21.1 Å². The second-order valence-electron chi connectivity index (χ2n) is 0. The van der Waals surface area contributed by atoms with Crippen molar-refractivity contribution in [2.24, 2.45) is 0 Å². The van der Waals surface area contributed by atoms with E-state index in [1.54, 1.807) is 0 Å². The van der Waals surface area contributed by atoms with Crippen LogP contribution < -0.4 is 0 Å². The van der Waals surface area contributed by atoms with Crippen LogP contribution in [0.3, 0.4) is 0 Å². The van der Waals surface area contributed by atoms with Crippen LogP contribution in [0.2, 0.25) is 0 Å². The van der Waals surface area contributed by atoms with Crippen molar-refractivity contribution in [1.82, 2.24) is 0 Å². The summed E-state index contributed by atoms with van der Waals surface area (Å²) < 4.78 is 0. The van der Waals surface area contributed by atoms with Crippen molar-refractivity contribution >= 4 is 29.3 Å². The second-order valence-corrected chi connectivity index (χ2v) is 0. The molecule has 4 heteroatoms. The van der Waals surface area contributed by atoms with Gasteiger partial charge in [0.05, 0.1) is 8.41 Å². The van der Waals surface area contributed by atoms with Gasteiger partial charge in [0.2, 0.25) is 0 Å². The van der Waals surface area contributed by atoms with Crippen LogP contribution in [0.1, 0.15) is 0 Å². The largest absolute Gasteiger partial charge is 0.153 e. The van der Waals surface area contributed by atoms with Crippen molar-refractivity contribution in [3.8, 4) is 0 Å². The molecule has 0 radical (unpaired) electrons. The maximum absolute atomic E-state index is 0. The molecule has 0 nitrogen and oxygen atoms in total. The summed E-state index contributed by atoms with van der Waals surface area (Å²) in [7, 11) is 0. The Morgan fingerprint density at radius 1 is 1.00 bits per heavy atom. The minimum absolute atomic E-state index is 0. The summed E-state index contributed by atoms with van der Waals surface area (Å²) in [5.74, 6) is 0. The molecule has 28 valence electrons. The van der Waals surface area contributed by atoms with E-state index in [0.29, 0.717) is 0 Å². The molecule has 0 aliphatic carbocycles. The van der Waals surface area contributed by atoms with Crippen LogP contribution in [0.25, 0.3) is 0 Å². The van der Waals surface area contributed by atoms with Crippen molar-refractivity contribution < 1.29 is 21.1 Å². The molecule has 0 amide bonds. The third kappa shape index (κ3) is 9.99. The van der Waals surface area contributed by atoms with E-state index < -0.39 is 0 Å². The average Bonchev–Trinajstić information content (AvgIpc) is 0. The van der Waals surface area contributed by atoms with Crippen LogP contribution >= 0.6 is 9.90 Å². The minimum atomic E-state index is 0. The Labute approximate surface area is 50.6 Å². The second kappa shape index (κ2) is 25.9. The molecule has 0 fully saturated rings. The fraction of sp³-hybridized carbons (Fsp3) is 0. The summed E-state index contributed by atoms with van der Waals surface area (Å²) >= 11 is 0. The molecule has 0 aliphatic heterocycles. The molecule has 0 rings (SSSR count). The molecule has 1 unspecified atom stereocenters. The molecule has 4 heavy (non-hydrogen) atoms. The van der Waals surface area contributed by atoms with Gasteiger partial charge in [-0.1, -0.05) is 0 Å². The maximum Gasteiger partial charge on any atom is 0.0814 e. The van der Waals surface area contributed by atoms with E-state index in [1.165, 1.54) is 0 Å². The van der Waals surface area contributed by atoms with Gasteiger partial charge in [0.15, 0.2) is 0 Å². The van der Waals surface area contributed by atoms with E-state index in [-0.39, 0.29) is 50.3 Å². The van der Waals surface area contributed by atoms with Crippen molar-refractivity contribution in [1.29, 1.82) is 0 Å². The monoisotopic (exact) mass is 178 g/mol. The van der Waals surface area contributed by atoms with Gasteiger partial charge >= 0.3 is 0 Å². The smallest absolute Gasteiger partial charge is 0.0814 e. The summed E-state index contributed by atoms with van der Waals surface area (Å²) in [6.45, 7) is 0. The first-order valence-electron chi connectivity index (χ1n) is 0. The molecule has 0 heterocycles. The van der Waals surface area contributed by atoms with Gasteiger partial charge in [-0.2, -0.15) is 9.90 Å². The topological polar surface area (TPSA) is 0 Å². The predicted molar refractivity (Wildman–Crippen MR) is 32.4 cm³/mol. The van der Waals surface area contributed by atoms with Crippen LogP contribution in [0.4, 0.5) is 0 Å². The molecule has 1 atom stereocenters. The van der Waals surface area contributed by atoms with E-state index in [1.807, 2.05) is 0 Å². The molecule has 0 aliphatic rings. The molecule has 0 saturated carbocycles. The molecular formula is H10BMoPSi. The van der Waals surface area contributed by atoms with Crippen LogP contribution in [0.5, 0.6) is 0 Å². The van der Waals surface area contributed by atoms with Gasteiger partial charge < -0.3 is 0 Å². The third-order valence-corrected chi connectivity index (χ3v) is 0. The van der Waals surface area contributed by atoms with Gasteiger partial charge in [-0.05, 0) is 11.0 Å². The van der Waals surface area contributed by atoms with Gasteiger partial charge in [0.25, 0.3) is 0 Å². The van der Waals surface area contributed by atoms with Gasteiger partial charge in [0, 0.05) is 21.1 Å². The molecule has 0 N–H and O–H groups in total. The Hall–Kier alpha value is 1.40. The normalized spacial score (nSPS) is 0. The SMILES string of the molecule is B.P.[Mo].[SiH4]. The van der Waals surface area contributed by atoms with Crippen LogP contribution in [-0.4, -0.2) is 19.4 Å². The zero-order valence-electron chi connectivity index (χ0n) is 1.12. The van der Waals surface area contributed by atoms with E-state index >= 15 is 0 Å². The fourth-order valence-electron chi connectivity index (χ4n) is 0. The molecule has 0 bridgehead atoms. The molecule has 0 aromatic carbocycles. The fourth-order valence-corrected chi connectivity index (χ4v) is 0. The number of hydrogen-bond acceptors (Lipinski definition) is 0. The summed E-state index contributed by atoms with van der Waals surface area (Å²) in [4.78, 5) is 0. The van der Waals surface area contributed by atoms with E-state index in [4.69, 9.17) is 0 Å². The first-order chi connectivity index (χ1) is 0. The summed E-state index contributed by atoms with van der Waals surface area (Å²) in [6, 6.07) is 0. The number of hydrogen-bond donors (Lipinski definition) is 0. The number of rotatable bonds is 0. The van der Waals surface area contributed by atoms with E-state index in [2.05, 4.69) is 0 Å². The third-order valence-electron chi connectivity index (χ3n) is 0. The zero-order valence-corrected chi connectivity index (χ0v) is 4.54. The van der Waals surface area contributed by atoms with E-state index in [9.17, 15) is 0 Å². The van der Waals surface area contributed by atoms with Gasteiger partial charge in [-0.3, -0.25) is 0 Å².